The van der Waals surface area contributed by atoms with Gasteiger partial charge in [-0.1, -0.05) is 20.3 Å². The Hall–Kier alpha value is -1.43. The molecular weight excluding hydrogens is 306 g/mol. The van der Waals surface area contributed by atoms with Crippen molar-refractivity contribution in [2.24, 2.45) is 5.92 Å². The second-order valence-electron chi connectivity index (χ2n) is 4.81. The molecule has 1 aromatic carbocycles. The summed E-state index contributed by atoms with van der Waals surface area (Å²) in [6.07, 6.45) is 1.09. The van der Waals surface area contributed by atoms with Crippen LogP contribution in [0.3, 0.4) is 0 Å². The highest BCUT2D eigenvalue weighted by molar-refractivity contribution is 9.10. The van der Waals surface area contributed by atoms with Gasteiger partial charge in [-0.15, -0.1) is 5.10 Å². The van der Waals surface area contributed by atoms with E-state index < -0.39 is 0 Å². The molecule has 0 saturated carbocycles. The van der Waals surface area contributed by atoms with Crippen molar-refractivity contribution in [1.82, 2.24) is 20.2 Å². The highest BCUT2D eigenvalue weighted by Crippen LogP contribution is 2.28. The first kappa shape index (κ1) is 14.0. The molecule has 0 saturated heterocycles. The van der Waals surface area contributed by atoms with Crippen molar-refractivity contribution in [3.05, 3.63) is 22.7 Å². The third-order valence-electron chi connectivity index (χ3n) is 3.60. The van der Waals surface area contributed by atoms with Crippen LogP contribution in [0.1, 0.15) is 33.2 Å². The molecule has 1 aromatic heterocycles. The molecule has 0 fully saturated rings. The second kappa shape index (κ2) is 5.69. The number of hydrogen-bond donors (Lipinski definition) is 1. The van der Waals surface area contributed by atoms with Gasteiger partial charge in [-0.05, 0) is 57.4 Å². The van der Waals surface area contributed by atoms with E-state index in [4.69, 9.17) is 5.73 Å². The Morgan fingerprint density at radius 2 is 2.11 bits per heavy atom. The molecular formula is C13H18BrN5. The zero-order valence-electron chi connectivity index (χ0n) is 11.3. The first-order valence-corrected chi connectivity index (χ1v) is 7.17. The zero-order valence-corrected chi connectivity index (χ0v) is 12.9. The van der Waals surface area contributed by atoms with Crippen molar-refractivity contribution in [3.63, 3.8) is 0 Å². The van der Waals surface area contributed by atoms with E-state index in [2.05, 4.69) is 52.2 Å². The van der Waals surface area contributed by atoms with Gasteiger partial charge in [0, 0.05) is 15.7 Å². The van der Waals surface area contributed by atoms with Gasteiger partial charge in [0.15, 0.2) is 5.82 Å². The molecule has 6 heteroatoms. The molecule has 0 aliphatic rings. The largest absolute Gasteiger partial charge is 0.398 e. The summed E-state index contributed by atoms with van der Waals surface area (Å²) < 4.78 is 2.75. The van der Waals surface area contributed by atoms with E-state index in [1.165, 1.54) is 0 Å². The van der Waals surface area contributed by atoms with Crippen LogP contribution in [0.4, 0.5) is 5.69 Å². The van der Waals surface area contributed by atoms with E-state index in [9.17, 15) is 0 Å². The predicted octanol–water partition coefficient (Wildman–Crippen LogP) is 3.29. The average molecular weight is 324 g/mol. The summed E-state index contributed by atoms with van der Waals surface area (Å²) in [6.45, 7) is 6.51. The number of rotatable bonds is 4. The van der Waals surface area contributed by atoms with Crippen molar-refractivity contribution < 1.29 is 0 Å². The van der Waals surface area contributed by atoms with Crippen molar-refractivity contribution in [3.8, 4) is 11.4 Å². The van der Waals surface area contributed by atoms with Crippen molar-refractivity contribution in [2.75, 3.05) is 5.73 Å². The quantitative estimate of drug-likeness (QED) is 0.876. The number of nitrogens with zero attached hydrogens (tertiary/aromatic N) is 4. The smallest absolute Gasteiger partial charge is 0.182 e. The van der Waals surface area contributed by atoms with Crippen molar-refractivity contribution in [2.45, 2.75) is 33.2 Å². The number of hydrogen-bond acceptors (Lipinski definition) is 4. The summed E-state index contributed by atoms with van der Waals surface area (Å²) in [6, 6.07) is 6.01. The lowest BCUT2D eigenvalue weighted by atomic mass is 10.0. The number of benzene rings is 1. The maximum Gasteiger partial charge on any atom is 0.182 e. The van der Waals surface area contributed by atoms with Crippen LogP contribution in [0.2, 0.25) is 0 Å². The van der Waals surface area contributed by atoms with Gasteiger partial charge in [0.2, 0.25) is 0 Å². The summed E-state index contributed by atoms with van der Waals surface area (Å²) in [5, 5.41) is 12.0. The fourth-order valence-corrected chi connectivity index (χ4v) is 2.17. The Morgan fingerprint density at radius 1 is 1.37 bits per heavy atom. The molecule has 0 amide bonds. The monoisotopic (exact) mass is 323 g/mol. The molecule has 0 aliphatic heterocycles. The number of tetrazole rings is 1. The summed E-state index contributed by atoms with van der Waals surface area (Å²) in [4.78, 5) is 0. The molecule has 2 aromatic rings. The summed E-state index contributed by atoms with van der Waals surface area (Å²) in [5.41, 5.74) is 7.53. The fourth-order valence-electron chi connectivity index (χ4n) is 1.92. The number of nitrogens with two attached hydrogens (primary N) is 1. The summed E-state index contributed by atoms with van der Waals surface area (Å²) in [7, 11) is 0. The predicted molar refractivity (Wildman–Crippen MR) is 79.5 cm³/mol. The minimum atomic E-state index is 0.250. The summed E-state index contributed by atoms with van der Waals surface area (Å²) >= 11 is 3.39. The maximum atomic E-state index is 5.91. The standard InChI is InChI=1S/C13H18BrN5/c1-4-8(2)9(3)19-13(16-17-18-19)10-5-6-11(14)12(15)7-10/h5-9H,4,15H2,1-3H3. The highest BCUT2D eigenvalue weighted by Gasteiger charge is 2.19. The van der Waals surface area contributed by atoms with Gasteiger partial charge in [0.1, 0.15) is 0 Å². The van der Waals surface area contributed by atoms with Crippen LogP contribution >= 0.6 is 15.9 Å². The SMILES string of the molecule is CCC(C)C(C)n1nnnc1-c1ccc(Br)c(N)c1. The van der Waals surface area contributed by atoms with Crippen LogP contribution in [-0.2, 0) is 0 Å². The highest BCUT2D eigenvalue weighted by atomic mass is 79.9. The Labute approximate surface area is 121 Å². The van der Waals surface area contributed by atoms with Crippen LogP contribution in [0.5, 0.6) is 0 Å². The van der Waals surface area contributed by atoms with Crippen LogP contribution in [0.15, 0.2) is 22.7 Å². The van der Waals surface area contributed by atoms with Gasteiger partial charge in [-0.25, -0.2) is 4.68 Å². The van der Waals surface area contributed by atoms with Gasteiger partial charge in [0.05, 0.1) is 6.04 Å². The first-order valence-electron chi connectivity index (χ1n) is 6.37. The van der Waals surface area contributed by atoms with E-state index in [0.29, 0.717) is 11.6 Å². The second-order valence-corrected chi connectivity index (χ2v) is 5.66. The Kier molecular flexibility index (Phi) is 4.19. The van der Waals surface area contributed by atoms with E-state index >= 15 is 0 Å². The number of anilines is 1. The van der Waals surface area contributed by atoms with Crippen LogP contribution in [0.25, 0.3) is 11.4 Å². The Balaban J connectivity index is 2.41. The fraction of sp³-hybridized carbons (Fsp3) is 0.462. The van der Waals surface area contributed by atoms with Gasteiger partial charge in [0.25, 0.3) is 0 Å². The molecule has 2 rings (SSSR count). The van der Waals surface area contributed by atoms with Gasteiger partial charge >= 0.3 is 0 Å². The third-order valence-corrected chi connectivity index (χ3v) is 4.32. The van der Waals surface area contributed by atoms with Crippen molar-refractivity contribution in [1.29, 1.82) is 0 Å². The van der Waals surface area contributed by atoms with E-state index in [-0.39, 0.29) is 6.04 Å². The van der Waals surface area contributed by atoms with E-state index in [0.717, 1.165) is 22.3 Å². The molecule has 2 atom stereocenters. The lowest BCUT2D eigenvalue weighted by molar-refractivity contribution is 0.340. The molecule has 2 unspecified atom stereocenters. The minimum absolute atomic E-state index is 0.250. The zero-order chi connectivity index (χ0) is 14.0. The maximum absolute atomic E-state index is 5.91. The van der Waals surface area contributed by atoms with Crippen molar-refractivity contribution >= 4 is 21.6 Å². The van der Waals surface area contributed by atoms with E-state index in [1.54, 1.807) is 0 Å². The topological polar surface area (TPSA) is 69.6 Å². The van der Waals surface area contributed by atoms with Gasteiger partial charge in [-0.2, -0.15) is 0 Å². The molecule has 1 heterocycles. The molecule has 5 nitrogen and oxygen atoms in total. The van der Waals surface area contributed by atoms with Crippen LogP contribution in [0, 0.1) is 5.92 Å². The molecule has 0 aliphatic carbocycles. The molecule has 0 spiro atoms. The Bertz CT molecular complexity index is 566. The van der Waals surface area contributed by atoms with Gasteiger partial charge in [-0.3, -0.25) is 0 Å². The molecule has 2 N–H and O–H groups in total. The van der Waals surface area contributed by atoms with Gasteiger partial charge < -0.3 is 5.73 Å². The molecule has 19 heavy (non-hydrogen) atoms. The number of halogens is 1. The van der Waals surface area contributed by atoms with Crippen LogP contribution in [-0.4, -0.2) is 20.2 Å². The normalized spacial score (nSPS) is 14.3. The third kappa shape index (κ3) is 2.78. The molecule has 102 valence electrons. The molecule has 0 bridgehead atoms. The number of nitrogen functional groups attached to an aromatic ring is 1. The lowest BCUT2D eigenvalue weighted by Crippen LogP contribution is -2.16. The van der Waals surface area contributed by atoms with E-state index in [1.807, 2.05) is 22.9 Å². The number of aromatic nitrogens is 4. The lowest BCUT2D eigenvalue weighted by Gasteiger charge is -2.19. The molecule has 0 radical (unpaired) electrons. The first-order chi connectivity index (χ1) is 9.04. The average Bonchev–Trinajstić information content (AvgIpc) is 2.89. The van der Waals surface area contributed by atoms with Crippen LogP contribution < -0.4 is 5.73 Å². The minimum Gasteiger partial charge on any atom is -0.398 e. The Morgan fingerprint density at radius 3 is 2.74 bits per heavy atom. The summed E-state index contributed by atoms with van der Waals surface area (Å²) in [5.74, 6) is 1.27.